The molecule has 14 heavy (non-hydrogen) atoms. The molecule has 1 atom stereocenters. The standard InChI is InChI=1S/C11H12ClNO/c1-6(2)10-8-5-7(12)3-4-9(8)13-11(10)14/h3-6,10H,1-2H3,(H,13,14)/t10-/m0/s1. The van der Waals surface area contributed by atoms with Gasteiger partial charge in [0.05, 0.1) is 5.92 Å². The molecule has 1 heterocycles. The summed E-state index contributed by atoms with van der Waals surface area (Å²) in [5, 5.41) is 3.54. The number of rotatable bonds is 1. The van der Waals surface area contributed by atoms with E-state index >= 15 is 0 Å². The van der Waals surface area contributed by atoms with E-state index in [-0.39, 0.29) is 11.8 Å². The van der Waals surface area contributed by atoms with Gasteiger partial charge in [-0.2, -0.15) is 0 Å². The van der Waals surface area contributed by atoms with Crippen molar-refractivity contribution in [3.05, 3.63) is 28.8 Å². The molecule has 0 saturated carbocycles. The molecule has 1 N–H and O–H groups in total. The van der Waals surface area contributed by atoms with Crippen LogP contribution in [0.15, 0.2) is 18.2 Å². The van der Waals surface area contributed by atoms with E-state index in [1.807, 2.05) is 26.0 Å². The van der Waals surface area contributed by atoms with E-state index in [9.17, 15) is 4.79 Å². The summed E-state index contributed by atoms with van der Waals surface area (Å²) in [6, 6.07) is 5.53. The molecule has 74 valence electrons. The molecule has 1 aliphatic heterocycles. The predicted octanol–water partition coefficient (Wildman–Crippen LogP) is 3.03. The van der Waals surface area contributed by atoms with E-state index < -0.39 is 0 Å². The lowest BCUT2D eigenvalue weighted by atomic mass is 9.90. The minimum absolute atomic E-state index is 0.0521. The van der Waals surface area contributed by atoms with Crippen LogP contribution in [0, 0.1) is 5.92 Å². The zero-order chi connectivity index (χ0) is 10.3. The molecule has 0 unspecified atom stereocenters. The van der Waals surface area contributed by atoms with Crippen molar-refractivity contribution in [3.8, 4) is 0 Å². The second-order valence-corrected chi connectivity index (χ2v) is 4.38. The minimum atomic E-state index is -0.0521. The van der Waals surface area contributed by atoms with Crippen molar-refractivity contribution < 1.29 is 4.79 Å². The predicted molar refractivity (Wildman–Crippen MR) is 57.7 cm³/mol. The molecule has 1 amide bonds. The number of fused-ring (bicyclic) bond motifs is 1. The maximum atomic E-state index is 11.6. The second kappa shape index (κ2) is 3.28. The first-order chi connectivity index (χ1) is 6.59. The molecular weight excluding hydrogens is 198 g/mol. The van der Waals surface area contributed by atoms with E-state index in [4.69, 9.17) is 11.6 Å². The number of carbonyl (C=O) groups excluding carboxylic acids is 1. The second-order valence-electron chi connectivity index (χ2n) is 3.94. The van der Waals surface area contributed by atoms with Crippen LogP contribution in [0.3, 0.4) is 0 Å². The van der Waals surface area contributed by atoms with E-state index in [1.165, 1.54) is 0 Å². The van der Waals surface area contributed by atoms with Gasteiger partial charge in [-0.25, -0.2) is 0 Å². The number of anilines is 1. The summed E-state index contributed by atoms with van der Waals surface area (Å²) < 4.78 is 0. The minimum Gasteiger partial charge on any atom is -0.325 e. The van der Waals surface area contributed by atoms with Crippen molar-refractivity contribution in [2.24, 2.45) is 5.92 Å². The Balaban J connectivity index is 2.50. The first kappa shape index (κ1) is 9.53. The Morgan fingerprint density at radius 1 is 1.43 bits per heavy atom. The van der Waals surface area contributed by atoms with E-state index in [0.29, 0.717) is 10.9 Å². The summed E-state index contributed by atoms with van der Waals surface area (Å²) in [6.07, 6.45) is 0. The average Bonchev–Trinajstić information content (AvgIpc) is 2.40. The van der Waals surface area contributed by atoms with Crippen molar-refractivity contribution in [2.45, 2.75) is 19.8 Å². The molecule has 0 aliphatic carbocycles. The van der Waals surface area contributed by atoms with Crippen LogP contribution in [-0.4, -0.2) is 5.91 Å². The Bertz CT molecular complexity index is 387. The topological polar surface area (TPSA) is 29.1 Å². The van der Waals surface area contributed by atoms with Crippen LogP contribution < -0.4 is 5.32 Å². The molecular formula is C11H12ClNO. The molecule has 1 aromatic rings. The fourth-order valence-electron chi connectivity index (χ4n) is 1.92. The van der Waals surface area contributed by atoms with Gasteiger partial charge >= 0.3 is 0 Å². The molecule has 0 saturated heterocycles. The van der Waals surface area contributed by atoms with Crippen molar-refractivity contribution in [1.29, 1.82) is 0 Å². The summed E-state index contributed by atoms with van der Waals surface area (Å²) in [6.45, 7) is 4.08. The molecule has 0 aromatic heterocycles. The first-order valence-corrected chi connectivity index (χ1v) is 5.07. The number of hydrogen-bond acceptors (Lipinski definition) is 1. The van der Waals surface area contributed by atoms with E-state index in [2.05, 4.69) is 5.32 Å². The van der Waals surface area contributed by atoms with Gasteiger partial charge in [-0.15, -0.1) is 0 Å². The van der Waals surface area contributed by atoms with Gasteiger partial charge in [0.25, 0.3) is 0 Å². The van der Waals surface area contributed by atoms with E-state index in [1.54, 1.807) is 6.07 Å². The van der Waals surface area contributed by atoms with Crippen LogP contribution in [0.25, 0.3) is 0 Å². The monoisotopic (exact) mass is 209 g/mol. The third kappa shape index (κ3) is 1.40. The first-order valence-electron chi connectivity index (χ1n) is 4.70. The quantitative estimate of drug-likeness (QED) is 0.757. The Morgan fingerprint density at radius 3 is 2.79 bits per heavy atom. The molecule has 1 aliphatic rings. The molecule has 2 nitrogen and oxygen atoms in total. The largest absolute Gasteiger partial charge is 0.325 e. The van der Waals surface area contributed by atoms with Crippen LogP contribution in [0.2, 0.25) is 5.02 Å². The Kier molecular flexibility index (Phi) is 2.23. The van der Waals surface area contributed by atoms with Gasteiger partial charge in [-0.3, -0.25) is 4.79 Å². The number of halogens is 1. The van der Waals surface area contributed by atoms with Crippen molar-refractivity contribution >= 4 is 23.2 Å². The summed E-state index contributed by atoms with van der Waals surface area (Å²) in [7, 11) is 0. The Hall–Kier alpha value is -1.02. The number of amides is 1. The highest BCUT2D eigenvalue weighted by Gasteiger charge is 2.32. The van der Waals surface area contributed by atoms with Crippen LogP contribution >= 0.6 is 11.6 Å². The van der Waals surface area contributed by atoms with Crippen molar-refractivity contribution in [3.63, 3.8) is 0 Å². The van der Waals surface area contributed by atoms with Gasteiger partial charge in [0.15, 0.2) is 0 Å². The molecule has 0 spiro atoms. The van der Waals surface area contributed by atoms with Crippen molar-refractivity contribution in [1.82, 2.24) is 0 Å². The highest BCUT2D eigenvalue weighted by atomic mass is 35.5. The highest BCUT2D eigenvalue weighted by molar-refractivity contribution is 6.31. The molecule has 0 bridgehead atoms. The number of benzene rings is 1. The van der Waals surface area contributed by atoms with Crippen LogP contribution in [0.4, 0.5) is 5.69 Å². The number of nitrogens with one attached hydrogen (secondary N) is 1. The van der Waals surface area contributed by atoms with Gasteiger partial charge in [0.1, 0.15) is 0 Å². The van der Waals surface area contributed by atoms with Crippen molar-refractivity contribution in [2.75, 3.05) is 5.32 Å². The zero-order valence-corrected chi connectivity index (χ0v) is 8.93. The Morgan fingerprint density at radius 2 is 2.14 bits per heavy atom. The zero-order valence-electron chi connectivity index (χ0n) is 8.17. The molecule has 0 fully saturated rings. The Labute approximate surface area is 88.3 Å². The fraction of sp³-hybridized carbons (Fsp3) is 0.364. The normalized spacial score (nSPS) is 19.7. The van der Waals surface area contributed by atoms with Crippen LogP contribution in [0.1, 0.15) is 25.3 Å². The number of carbonyl (C=O) groups is 1. The lowest BCUT2D eigenvalue weighted by Crippen LogP contribution is -2.16. The fourth-order valence-corrected chi connectivity index (χ4v) is 2.10. The molecule has 1 aromatic carbocycles. The summed E-state index contributed by atoms with van der Waals surface area (Å²) in [5.41, 5.74) is 1.93. The van der Waals surface area contributed by atoms with Gasteiger partial charge in [-0.1, -0.05) is 25.4 Å². The highest BCUT2D eigenvalue weighted by Crippen LogP contribution is 2.38. The lowest BCUT2D eigenvalue weighted by Gasteiger charge is -2.12. The third-order valence-electron chi connectivity index (χ3n) is 2.56. The average molecular weight is 210 g/mol. The third-order valence-corrected chi connectivity index (χ3v) is 2.79. The summed E-state index contributed by atoms with van der Waals surface area (Å²) in [5.74, 6) is 0.329. The molecule has 0 radical (unpaired) electrons. The maximum Gasteiger partial charge on any atom is 0.232 e. The smallest absolute Gasteiger partial charge is 0.232 e. The number of hydrogen-bond donors (Lipinski definition) is 1. The van der Waals surface area contributed by atoms with Gasteiger partial charge < -0.3 is 5.32 Å². The maximum absolute atomic E-state index is 11.6. The van der Waals surface area contributed by atoms with E-state index in [0.717, 1.165) is 11.3 Å². The lowest BCUT2D eigenvalue weighted by molar-refractivity contribution is -0.117. The molecule has 3 heteroatoms. The van der Waals surface area contributed by atoms with Gasteiger partial charge in [-0.05, 0) is 29.7 Å². The van der Waals surface area contributed by atoms with Crippen LogP contribution in [-0.2, 0) is 4.79 Å². The SMILES string of the molecule is CC(C)[C@@H]1C(=O)Nc2ccc(Cl)cc21. The van der Waals surface area contributed by atoms with Gasteiger partial charge in [0.2, 0.25) is 5.91 Å². The summed E-state index contributed by atoms with van der Waals surface area (Å²) in [4.78, 5) is 11.6. The summed E-state index contributed by atoms with van der Waals surface area (Å²) >= 11 is 5.90. The van der Waals surface area contributed by atoms with Crippen LogP contribution in [0.5, 0.6) is 0 Å². The van der Waals surface area contributed by atoms with Gasteiger partial charge in [0, 0.05) is 10.7 Å². The molecule has 2 rings (SSSR count).